The Bertz CT molecular complexity index is 1360. The molecule has 2 heterocycles. The van der Waals surface area contributed by atoms with Crippen molar-refractivity contribution >= 4 is 17.6 Å². The van der Waals surface area contributed by atoms with Crippen LogP contribution in [0.15, 0.2) is 114 Å². The van der Waals surface area contributed by atoms with Crippen molar-refractivity contribution in [3.63, 3.8) is 0 Å². The van der Waals surface area contributed by atoms with Crippen molar-refractivity contribution in [2.24, 2.45) is 0 Å². The molecule has 1 saturated heterocycles. The maximum atomic E-state index is 13.2. The minimum Gasteiger partial charge on any atom is -0.466 e. The van der Waals surface area contributed by atoms with Gasteiger partial charge in [-0.1, -0.05) is 78.9 Å². The van der Waals surface area contributed by atoms with Crippen LogP contribution in [0.2, 0.25) is 0 Å². The van der Waals surface area contributed by atoms with Crippen molar-refractivity contribution in [2.75, 3.05) is 25.9 Å². The van der Waals surface area contributed by atoms with Crippen LogP contribution in [0.1, 0.15) is 50.8 Å². The number of carbonyl (C=O) groups excluding carboxylic acids is 2. The second kappa shape index (κ2) is 13.3. The zero-order valence-electron chi connectivity index (χ0n) is 24.2. The molecule has 7 heteroatoms. The van der Waals surface area contributed by atoms with Crippen LogP contribution in [-0.2, 0) is 19.1 Å². The van der Waals surface area contributed by atoms with Crippen LogP contribution >= 0.6 is 0 Å². The Morgan fingerprint density at radius 2 is 1.32 bits per heavy atom. The minimum atomic E-state index is -0.631. The number of para-hydroxylation sites is 1. The Labute approximate surface area is 242 Å². The highest BCUT2D eigenvalue weighted by atomic mass is 16.6. The highest BCUT2D eigenvalue weighted by molar-refractivity contribution is 5.96. The third kappa shape index (κ3) is 7.44. The summed E-state index contributed by atoms with van der Waals surface area (Å²) in [6, 6.07) is 30.4. The number of anilines is 1. The van der Waals surface area contributed by atoms with Gasteiger partial charge in [-0.05, 0) is 44.0 Å². The third-order valence-corrected chi connectivity index (χ3v) is 7.51. The van der Waals surface area contributed by atoms with E-state index in [9.17, 15) is 9.59 Å². The molecule has 2 aliphatic heterocycles. The maximum absolute atomic E-state index is 13.2. The number of nitrogens with one attached hydrogen (secondary N) is 1. The molecule has 214 valence electrons. The normalized spacial score (nSPS) is 18.9. The molecular formula is C34H39N3O4. The number of esters is 2. The van der Waals surface area contributed by atoms with Crippen LogP contribution in [0.25, 0.3) is 0 Å². The van der Waals surface area contributed by atoms with E-state index in [1.165, 1.54) is 18.2 Å². The fourth-order valence-electron chi connectivity index (χ4n) is 5.34. The number of benzene rings is 3. The van der Waals surface area contributed by atoms with Crippen molar-refractivity contribution in [3.05, 3.63) is 125 Å². The number of likely N-dealkylation sites (tertiary alicyclic amines) is 1. The fraction of sp³-hybridized carbons (Fsp3) is 0.294. The summed E-state index contributed by atoms with van der Waals surface area (Å²) < 4.78 is 11.0. The number of hydrogen-bond acceptors (Lipinski definition) is 7. The van der Waals surface area contributed by atoms with E-state index in [1.807, 2.05) is 56.3 Å². The molecule has 0 aliphatic carbocycles. The van der Waals surface area contributed by atoms with Gasteiger partial charge in [-0.2, -0.15) is 0 Å². The molecule has 1 fully saturated rings. The molecule has 41 heavy (non-hydrogen) atoms. The van der Waals surface area contributed by atoms with E-state index in [-0.39, 0.29) is 18.4 Å². The average molecular weight is 554 g/mol. The van der Waals surface area contributed by atoms with Crippen LogP contribution in [0.4, 0.5) is 5.69 Å². The molecular weight excluding hydrogens is 514 g/mol. The van der Waals surface area contributed by atoms with E-state index in [0.29, 0.717) is 29.1 Å². The van der Waals surface area contributed by atoms with E-state index in [1.54, 1.807) is 6.92 Å². The molecule has 3 N–H and O–H groups in total. The zero-order chi connectivity index (χ0) is 29.4. The van der Waals surface area contributed by atoms with Gasteiger partial charge < -0.3 is 20.5 Å². The maximum Gasteiger partial charge on any atom is 0.336 e. The summed E-state index contributed by atoms with van der Waals surface area (Å²) >= 11 is 0. The molecule has 1 unspecified atom stereocenters. The highest BCUT2D eigenvalue weighted by Gasteiger charge is 2.41. The molecule has 7 nitrogen and oxygen atoms in total. The molecule has 0 amide bonds. The Morgan fingerprint density at radius 1 is 0.829 bits per heavy atom. The van der Waals surface area contributed by atoms with Crippen molar-refractivity contribution in [3.8, 4) is 0 Å². The van der Waals surface area contributed by atoms with Gasteiger partial charge in [0.15, 0.2) is 0 Å². The molecule has 3 aromatic carbocycles. The quantitative estimate of drug-likeness (QED) is 0.296. The van der Waals surface area contributed by atoms with E-state index in [0.717, 1.165) is 18.7 Å². The second-order valence-corrected chi connectivity index (χ2v) is 10.7. The van der Waals surface area contributed by atoms with Gasteiger partial charge in [0.05, 0.1) is 24.3 Å². The van der Waals surface area contributed by atoms with Crippen molar-refractivity contribution in [1.82, 2.24) is 10.2 Å². The number of allylic oxidation sites excluding steroid dienone is 2. The number of dihydropyridines is 1. The molecule has 5 rings (SSSR count). The first-order valence-electron chi connectivity index (χ1n) is 13.8. The molecule has 0 radical (unpaired) electrons. The van der Waals surface area contributed by atoms with Gasteiger partial charge in [0, 0.05) is 43.0 Å². The third-order valence-electron chi connectivity index (χ3n) is 7.51. The lowest BCUT2D eigenvalue weighted by Gasteiger charge is -2.31. The van der Waals surface area contributed by atoms with Gasteiger partial charge in [0.25, 0.3) is 0 Å². The van der Waals surface area contributed by atoms with Crippen molar-refractivity contribution < 1.29 is 19.1 Å². The second-order valence-electron chi connectivity index (χ2n) is 10.7. The topological polar surface area (TPSA) is 93.9 Å². The molecule has 0 spiro atoms. The van der Waals surface area contributed by atoms with Crippen molar-refractivity contribution in [1.29, 1.82) is 0 Å². The smallest absolute Gasteiger partial charge is 0.336 e. The molecule has 0 saturated carbocycles. The monoisotopic (exact) mass is 553 g/mol. The lowest BCUT2D eigenvalue weighted by atomic mass is 9.97. The Balaban J connectivity index is 0.000000483. The number of hydrogen-bond donors (Lipinski definition) is 2. The van der Waals surface area contributed by atoms with Crippen LogP contribution in [-0.4, -0.2) is 42.6 Å². The standard InChI is InChI=1S/C28H32N2O4.C6H7N/c1-19-23(26(31)33-4)17-24(20(2)29-19)27(32)34-28(3)15-16-30(18-28)25(21-11-7-5-8-12-21)22-13-9-6-10-14-22;7-6-4-2-1-3-5-6/h5-14,25,29H,15-18H2,1-4H3;1-5H,7H2. The number of carbonyl (C=O) groups is 2. The van der Waals surface area contributed by atoms with Gasteiger partial charge in [-0.25, -0.2) is 9.59 Å². The predicted octanol–water partition coefficient (Wildman–Crippen LogP) is 5.77. The predicted molar refractivity (Wildman–Crippen MR) is 161 cm³/mol. The molecule has 1 atom stereocenters. The van der Waals surface area contributed by atoms with Gasteiger partial charge in [0.2, 0.25) is 0 Å². The fourth-order valence-corrected chi connectivity index (χ4v) is 5.34. The zero-order valence-corrected chi connectivity index (χ0v) is 24.2. The lowest BCUT2D eigenvalue weighted by Crippen LogP contribution is -2.38. The Kier molecular flexibility index (Phi) is 9.63. The average Bonchev–Trinajstić information content (AvgIpc) is 3.35. The largest absolute Gasteiger partial charge is 0.466 e. The summed E-state index contributed by atoms with van der Waals surface area (Å²) in [5.41, 5.74) is 10.3. The number of nitrogens with two attached hydrogens (primary N) is 1. The van der Waals surface area contributed by atoms with Gasteiger partial charge in [-0.3, -0.25) is 4.90 Å². The number of methoxy groups -OCH3 is 1. The summed E-state index contributed by atoms with van der Waals surface area (Å²) in [6.07, 6.45) is 0.931. The summed E-state index contributed by atoms with van der Waals surface area (Å²) in [5.74, 6) is -0.825. The summed E-state index contributed by atoms with van der Waals surface area (Å²) in [7, 11) is 1.34. The van der Waals surface area contributed by atoms with Gasteiger partial charge in [0.1, 0.15) is 5.60 Å². The first-order chi connectivity index (χ1) is 19.7. The van der Waals surface area contributed by atoms with E-state index >= 15 is 0 Å². The molecule has 0 bridgehead atoms. The van der Waals surface area contributed by atoms with E-state index in [2.05, 4.69) is 58.7 Å². The number of nitrogen functional groups attached to an aromatic ring is 1. The minimum absolute atomic E-state index is 0.0803. The molecule has 0 aromatic heterocycles. The summed E-state index contributed by atoms with van der Waals surface area (Å²) in [6.45, 7) is 7.05. The Hall–Kier alpha value is -4.36. The van der Waals surface area contributed by atoms with Gasteiger partial charge >= 0.3 is 11.9 Å². The van der Waals surface area contributed by atoms with Gasteiger partial charge in [-0.15, -0.1) is 0 Å². The SMILES string of the molecule is COC(=O)C1=C(C)NC(C)=C(C(=O)OC2(C)CCN(C(c3ccccc3)c3ccccc3)C2)C1.Nc1ccccc1. The number of nitrogens with zero attached hydrogens (tertiary/aromatic N) is 1. The lowest BCUT2D eigenvalue weighted by molar-refractivity contribution is -0.152. The van der Waals surface area contributed by atoms with E-state index < -0.39 is 11.6 Å². The first-order valence-corrected chi connectivity index (χ1v) is 13.8. The van der Waals surface area contributed by atoms with Crippen LogP contribution in [0, 0.1) is 0 Å². The molecule has 3 aromatic rings. The van der Waals surface area contributed by atoms with Crippen LogP contribution in [0.5, 0.6) is 0 Å². The first kappa shape index (κ1) is 29.6. The Morgan fingerprint density at radius 3 is 1.78 bits per heavy atom. The number of rotatable bonds is 6. The summed E-state index contributed by atoms with van der Waals surface area (Å²) in [4.78, 5) is 27.8. The summed E-state index contributed by atoms with van der Waals surface area (Å²) in [5, 5.41) is 3.13. The van der Waals surface area contributed by atoms with E-state index in [4.69, 9.17) is 15.2 Å². The van der Waals surface area contributed by atoms with Crippen LogP contribution < -0.4 is 11.1 Å². The highest BCUT2D eigenvalue weighted by Crippen LogP contribution is 2.37. The molecule has 2 aliphatic rings. The van der Waals surface area contributed by atoms with Crippen LogP contribution in [0.3, 0.4) is 0 Å². The number of ether oxygens (including phenoxy) is 2. The van der Waals surface area contributed by atoms with Crippen molar-refractivity contribution in [2.45, 2.75) is 45.3 Å².